The van der Waals surface area contributed by atoms with Gasteiger partial charge in [-0.2, -0.15) is 5.26 Å². The predicted octanol–water partition coefficient (Wildman–Crippen LogP) is 3.92. The molecule has 2 aromatic rings. The van der Waals surface area contributed by atoms with Gasteiger partial charge in [0.1, 0.15) is 0 Å². The molecule has 5 nitrogen and oxygen atoms in total. The van der Waals surface area contributed by atoms with Crippen LogP contribution in [0, 0.1) is 23.7 Å². The summed E-state index contributed by atoms with van der Waals surface area (Å²) < 4.78 is 29.6. The first-order chi connectivity index (χ1) is 14.3. The second-order valence-corrected chi connectivity index (χ2v) is 8.49. The van der Waals surface area contributed by atoms with Crippen molar-refractivity contribution in [2.45, 2.75) is 38.7 Å². The number of hydrogen-bond donors (Lipinski definition) is 0. The van der Waals surface area contributed by atoms with Crippen molar-refractivity contribution in [2.75, 3.05) is 24.5 Å². The number of likely N-dealkylation sites (tertiary alicyclic amines) is 1. The molecule has 1 atom stereocenters. The van der Waals surface area contributed by atoms with Crippen LogP contribution in [0.1, 0.15) is 36.1 Å². The summed E-state index contributed by atoms with van der Waals surface area (Å²) in [6.07, 6.45) is 2.35. The van der Waals surface area contributed by atoms with Crippen LogP contribution in [-0.2, 0) is 11.3 Å². The lowest BCUT2D eigenvalue weighted by molar-refractivity contribution is -0.155. The number of pyridine rings is 1. The van der Waals surface area contributed by atoms with E-state index in [0.29, 0.717) is 43.7 Å². The smallest absolute Gasteiger partial charge is 0.261 e. The maximum Gasteiger partial charge on any atom is 0.261 e. The van der Waals surface area contributed by atoms with E-state index < -0.39 is 17.8 Å². The number of carbonyl (C=O) groups is 1. The Kier molecular flexibility index (Phi) is 5.29. The van der Waals surface area contributed by atoms with Crippen LogP contribution in [0.25, 0.3) is 0 Å². The summed E-state index contributed by atoms with van der Waals surface area (Å²) in [4.78, 5) is 21.0. The molecule has 0 radical (unpaired) electrons. The Morgan fingerprint density at radius 3 is 2.83 bits per heavy atom. The van der Waals surface area contributed by atoms with Crippen molar-refractivity contribution in [2.24, 2.45) is 5.41 Å². The topological polar surface area (TPSA) is 60.2 Å². The highest BCUT2D eigenvalue weighted by Gasteiger charge is 2.55. The average Bonchev–Trinajstić information content (AvgIpc) is 2.69. The van der Waals surface area contributed by atoms with Gasteiger partial charge in [-0.05, 0) is 55.7 Å². The zero-order valence-electron chi connectivity index (χ0n) is 16.9. The van der Waals surface area contributed by atoms with Crippen molar-refractivity contribution >= 4 is 11.6 Å². The van der Waals surface area contributed by atoms with Crippen LogP contribution in [0.3, 0.4) is 0 Å². The number of carbonyl (C=O) groups excluding carboxylic acids is 1. The zero-order chi connectivity index (χ0) is 21.4. The van der Waals surface area contributed by atoms with E-state index in [1.165, 1.54) is 0 Å². The van der Waals surface area contributed by atoms with Gasteiger partial charge in [-0.15, -0.1) is 0 Å². The molecule has 2 aliphatic heterocycles. The van der Waals surface area contributed by atoms with Crippen molar-refractivity contribution in [1.29, 1.82) is 5.26 Å². The molecule has 0 N–H and O–H groups in total. The Morgan fingerprint density at radius 2 is 2.07 bits per heavy atom. The lowest BCUT2D eigenvalue weighted by Gasteiger charge is -2.49. The van der Waals surface area contributed by atoms with Gasteiger partial charge in [0.15, 0.2) is 0 Å². The largest absolute Gasteiger partial charge is 0.312 e. The molecular weight excluding hydrogens is 386 g/mol. The van der Waals surface area contributed by atoms with E-state index in [1.54, 1.807) is 40.3 Å². The minimum absolute atomic E-state index is 0.265. The highest BCUT2D eigenvalue weighted by molar-refractivity contribution is 5.98. The maximum absolute atomic E-state index is 14.8. The van der Waals surface area contributed by atoms with Crippen LogP contribution in [0.15, 0.2) is 42.6 Å². The van der Waals surface area contributed by atoms with Crippen LogP contribution in [-0.4, -0.2) is 41.3 Å². The van der Waals surface area contributed by atoms with Gasteiger partial charge >= 0.3 is 0 Å². The Morgan fingerprint density at radius 1 is 1.23 bits per heavy atom. The summed E-state index contributed by atoms with van der Waals surface area (Å²) >= 11 is 0. The van der Waals surface area contributed by atoms with E-state index in [2.05, 4.69) is 11.1 Å². The molecule has 0 aliphatic carbocycles. The van der Waals surface area contributed by atoms with E-state index in [1.807, 2.05) is 19.1 Å². The molecule has 2 aliphatic rings. The van der Waals surface area contributed by atoms with Crippen molar-refractivity contribution in [3.05, 3.63) is 59.4 Å². The number of anilines is 1. The molecule has 0 unspecified atom stereocenters. The quantitative estimate of drug-likeness (QED) is 0.770. The number of piperidine rings is 2. The number of alkyl halides is 2. The fourth-order valence-corrected chi connectivity index (χ4v) is 4.86. The van der Waals surface area contributed by atoms with E-state index in [-0.39, 0.29) is 12.5 Å². The molecule has 1 aromatic heterocycles. The Balaban J connectivity index is 1.62. The highest BCUT2D eigenvalue weighted by atomic mass is 19.3. The van der Waals surface area contributed by atoms with Gasteiger partial charge < -0.3 is 4.90 Å². The van der Waals surface area contributed by atoms with Gasteiger partial charge in [0.2, 0.25) is 5.91 Å². The van der Waals surface area contributed by atoms with Gasteiger partial charge in [0.05, 0.1) is 23.6 Å². The molecule has 30 heavy (non-hydrogen) atoms. The maximum atomic E-state index is 14.8. The Bertz CT molecular complexity index is 1000. The van der Waals surface area contributed by atoms with E-state index in [9.17, 15) is 13.6 Å². The first-order valence-electron chi connectivity index (χ1n) is 10.1. The minimum Gasteiger partial charge on any atom is -0.312 e. The highest BCUT2D eigenvalue weighted by Crippen LogP contribution is 2.46. The molecular formula is C23H24F2N4O. The fraction of sp³-hybridized carbons (Fsp3) is 0.435. The second kappa shape index (κ2) is 7.77. The molecule has 2 fully saturated rings. The number of hydrogen-bond acceptors (Lipinski definition) is 4. The summed E-state index contributed by atoms with van der Waals surface area (Å²) in [5.74, 6) is -3.20. The SMILES string of the molecule is Cc1cc(CN2CC(F)(F)C[C@]3(CCCN(c4cccc(C#N)c4)C3=O)C2)ccn1. The number of amides is 1. The molecule has 1 spiro atoms. The lowest BCUT2D eigenvalue weighted by atomic mass is 9.71. The molecule has 1 aromatic carbocycles. The molecule has 7 heteroatoms. The standard InChI is InChI=1S/C23H24F2N4O/c1-17-10-19(6-8-27-17)13-28-15-22(14-23(24,25)16-28)7-3-9-29(21(22)30)20-5-2-4-18(11-20)12-26/h2,4-6,8,10-11H,3,7,9,13-16H2,1H3/t22-/m1/s1. The summed E-state index contributed by atoms with van der Waals surface area (Å²) in [7, 11) is 0. The van der Waals surface area contributed by atoms with Gasteiger partial charge in [0, 0.05) is 43.6 Å². The van der Waals surface area contributed by atoms with Crippen molar-refractivity contribution < 1.29 is 13.6 Å². The molecule has 2 saturated heterocycles. The van der Waals surface area contributed by atoms with Crippen molar-refractivity contribution in [1.82, 2.24) is 9.88 Å². The van der Waals surface area contributed by atoms with Gasteiger partial charge in [-0.3, -0.25) is 14.7 Å². The van der Waals surface area contributed by atoms with Gasteiger partial charge in [-0.25, -0.2) is 8.78 Å². The predicted molar refractivity (Wildman–Crippen MR) is 109 cm³/mol. The third kappa shape index (κ3) is 4.05. The summed E-state index contributed by atoms with van der Waals surface area (Å²) in [6, 6.07) is 12.6. The second-order valence-electron chi connectivity index (χ2n) is 8.49. The average molecular weight is 410 g/mol. The van der Waals surface area contributed by atoms with Gasteiger partial charge in [0.25, 0.3) is 5.92 Å². The molecule has 156 valence electrons. The molecule has 4 rings (SSSR count). The van der Waals surface area contributed by atoms with Crippen molar-refractivity contribution in [3.8, 4) is 6.07 Å². The number of nitrogens with zero attached hydrogens (tertiary/aromatic N) is 4. The van der Waals surface area contributed by atoms with E-state index in [0.717, 1.165) is 11.3 Å². The van der Waals surface area contributed by atoms with Gasteiger partial charge in [-0.1, -0.05) is 6.07 Å². The Hall–Kier alpha value is -2.85. The molecule has 3 heterocycles. The fourth-order valence-electron chi connectivity index (χ4n) is 4.86. The minimum atomic E-state index is -2.94. The number of nitriles is 1. The van der Waals surface area contributed by atoms with E-state index in [4.69, 9.17) is 5.26 Å². The van der Waals surface area contributed by atoms with E-state index >= 15 is 0 Å². The molecule has 0 saturated carbocycles. The summed E-state index contributed by atoms with van der Waals surface area (Å²) in [5, 5.41) is 9.17. The number of aromatic nitrogens is 1. The summed E-state index contributed by atoms with van der Waals surface area (Å²) in [5.41, 5.74) is 1.68. The Labute approximate surface area is 174 Å². The van der Waals surface area contributed by atoms with Crippen LogP contribution >= 0.6 is 0 Å². The number of benzene rings is 1. The third-order valence-corrected chi connectivity index (χ3v) is 5.97. The first kappa shape index (κ1) is 20.4. The van der Waals surface area contributed by atoms with Crippen molar-refractivity contribution in [3.63, 3.8) is 0 Å². The normalized spacial score (nSPS) is 24.1. The van der Waals surface area contributed by atoms with Crippen LogP contribution < -0.4 is 4.90 Å². The first-order valence-corrected chi connectivity index (χ1v) is 10.1. The number of halogens is 2. The molecule has 1 amide bonds. The number of aryl methyl sites for hydroxylation is 1. The molecule has 0 bridgehead atoms. The zero-order valence-corrected chi connectivity index (χ0v) is 16.9. The number of rotatable bonds is 3. The van der Waals surface area contributed by atoms with Crippen LogP contribution in [0.2, 0.25) is 0 Å². The lowest BCUT2D eigenvalue weighted by Crippen LogP contribution is -2.61. The monoisotopic (exact) mass is 410 g/mol. The van der Waals surface area contributed by atoms with Crippen LogP contribution in [0.5, 0.6) is 0 Å². The summed E-state index contributed by atoms with van der Waals surface area (Å²) in [6.45, 7) is 2.65. The third-order valence-electron chi connectivity index (χ3n) is 5.97. The van der Waals surface area contributed by atoms with Crippen LogP contribution in [0.4, 0.5) is 14.5 Å².